The second-order valence-corrected chi connectivity index (χ2v) is 5.89. The van der Waals surface area contributed by atoms with Crippen LogP contribution in [0.2, 0.25) is 0 Å². The average molecular weight is 256 g/mol. The van der Waals surface area contributed by atoms with E-state index in [9.17, 15) is 4.79 Å². The van der Waals surface area contributed by atoms with Gasteiger partial charge in [0.1, 0.15) is 5.54 Å². The van der Waals surface area contributed by atoms with Crippen molar-refractivity contribution in [1.29, 1.82) is 0 Å². The van der Waals surface area contributed by atoms with Gasteiger partial charge in [0.15, 0.2) is 0 Å². The topological polar surface area (TPSA) is 75.8 Å². The van der Waals surface area contributed by atoms with Crippen LogP contribution >= 0.6 is 0 Å². The molecule has 1 aliphatic carbocycles. The highest BCUT2D eigenvalue weighted by Crippen LogP contribution is 2.58. The summed E-state index contributed by atoms with van der Waals surface area (Å²) in [5.74, 6) is 0.0727. The van der Waals surface area contributed by atoms with Crippen molar-refractivity contribution in [3.05, 3.63) is 0 Å². The lowest BCUT2D eigenvalue weighted by molar-refractivity contribution is -0.184. The number of hydrogen-bond acceptors (Lipinski definition) is 4. The number of nitrogens with zero attached hydrogens (tertiary/aromatic N) is 1. The van der Waals surface area contributed by atoms with E-state index >= 15 is 0 Å². The Hall–Kier alpha value is -0.650. The van der Waals surface area contributed by atoms with Gasteiger partial charge in [0.05, 0.1) is 12.7 Å². The third kappa shape index (κ3) is 1.54. The first-order chi connectivity index (χ1) is 8.41. The quantitative estimate of drug-likeness (QED) is 0.740. The summed E-state index contributed by atoms with van der Waals surface area (Å²) in [4.78, 5) is 14.3. The highest BCUT2D eigenvalue weighted by atomic mass is 16.5. The second kappa shape index (κ2) is 4.47. The van der Waals surface area contributed by atoms with Crippen LogP contribution in [0.5, 0.6) is 0 Å². The molecule has 2 aliphatic rings. The second-order valence-electron chi connectivity index (χ2n) is 5.89. The van der Waals surface area contributed by atoms with Gasteiger partial charge in [-0.15, -0.1) is 0 Å². The molecule has 3 unspecified atom stereocenters. The van der Waals surface area contributed by atoms with Crippen LogP contribution in [-0.4, -0.2) is 53.9 Å². The fourth-order valence-corrected chi connectivity index (χ4v) is 3.60. The molecule has 0 aromatic carbocycles. The van der Waals surface area contributed by atoms with Crippen molar-refractivity contribution >= 4 is 5.91 Å². The predicted octanol–water partition coefficient (Wildman–Crippen LogP) is -0.0304. The Bertz CT molecular complexity index is 345. The average Bonchev–Trinajstić information content (AvgIpc) is 2.82. The van der Waals surface area contributed by atoms with Crippen LogP contribution in [0.15, 0.2) is 0 Å². The Morgan fingerprint density at radius 3 is 2.78 bits per heavy atom. The monoisotopic (exact) mass is 256 g/mol. The van der Waals surface area contributed by atoms with E-state index in [1.165, 1.54) is 0 Å². The first kappa shape index (κ1) is 13.8. The van der Waals surface area contributed by atoms with E-state index < -0.39 is 5.54 Å². The van der Waals surface area contributed by atoms with Crippen LogP contribution in [0.1, 0.15) is 27.2 Å². The number of amides is 1. The van der Waals surface area contributed by atoms with Crippen molar-refractivity contribution in [3.8, 4) is 0 Å². The van der Waals surface area contributed by atoms with E-state index in [1.54, 1.807) is 4.90 Å². The fraction of sp³-hybridized carbons (Fsp3) is 0.923. The zero-order chi connectivity index (χ0) is 13.6. The Morgan fingerprint density at radius 2 is 2.22 bits per heavy atom. The number of fused-ring (bicyclic) bond motifs is 1. The van der Waals surface area contributed by atoms with Gasteiger partial charge < -0.3 is 20.5 Å². The van der Waals surface area contributed by atoms with Gasteiger partial charge in [-0.1, -0.05) is 13.8 Å². The summed E-state index contributed by atoms with van der Waals surface area (Å²) in [7, 11) is 0. The van der Waals surface area contributed by atoms with Gasteiger partial charge in [0.25, 0.3) is 0 Å². The first-order valence-corrected chi connectivity index (χ1v) is 6.72. The zero-order valence-corrected chi connectivity index (χ0v) is 11.5. The molecule has 5 heteroatoms. The molecule has 18 heavy (non-hydrogen) atoms. The van der Waals surface area contributed by atoms with Crippen molar-refractivity contribution < 1.29 is 14.6 Å². The van der Waals surface area contributed by atoms with Crippen molar-refractivity contribution in [2.45, 2.75) is 38.8 Å². The SMILES string of the molecule is CCN(CCO)C(=O)C1(N)C2CCOC2C1(C)C. The zero-order valence-electron chi connectivity index (χ0n) is 11.5. The minimum absolute atomic E-state index is 0.0271. The van der Waals surface area contributed by atoms with E-state index in [0.29, 0.717) is 19.7 Å². The molecule has 1 aliphatic heterocycles. The molecular weight excluding hydrogens is 232 g/mol. The lowest BCUT2D eigenvalue weighted by Crippen LogP contribution is -2.80. The van der Waals surface area contributed by atoms with Crippen molar-refractivity contribution in [2.24, 2.45) is 17.1 Å². The predicted molar refractivity (Wildman–Crippen MR) is 67.9 cm³/mol. The Morgan fingerprint density at radius 1 is 1.56 bits per heavy atom. The normalized spacial score (nSPS) is 36.9. The van der Waals surface area contributed by atoms with Crippen LogP contribution in [0.25, 0.3) is 0 Å². The first-order valence-electron chi connectivity index (χ1n) is 6.72. The molecule has 1 saturated heterocycles. The standard InChI is InChI=1S/C13H24N2O3/c1-4-15(6-7-16)11(17)13(14)9-5-8-18-10(9)12(13,2)3/h9-10,16H,4-8,14H2,1-3H3. The molecule has 1 amide bonds. The van der Waals surface area contributed by atoms with Crippen LogP contribution in [0.3, 0.4) is 0 Å². The van der Waals surface area contributed by atoms with Crippen LogP contribution < -0.4 is 5.73 Å². The minimum atomic E-state index is -0.848. The van der Waals surface area contributed by atoms with E-state index in [1.807, 2.05) is 20.8 Å². The molecule has 3 N–H and O–H groups in total. The number of aliphatic hydroxyl groups is 1. The summed E-state index contributed by atoms with van der Waals surface area (Å²) >= 11 is 0. The van der Waals surface area contributed by atoms with Crippen molar-refractivity contribution in [3.63, 3.8) is 0 Å². The van der Waals surface area contributed by atoms with Gasteiger partial charge in [0, 0.05) is 31.0 Å². The molecule has 0 aromatic heterocycles. The van der Waals surface area contributed by atoms with Gasteiger partial charge in [-0.2, -0.15) is 0 Å². The largest absolute Gasteiger partial charge is 0.395 e. The van der Waals surface area contributed by atoms with Gasteiger partial charge >= 0.3 is 0 Å². The Labute approximate surface area is 108 Å². The number of rotatable bonds is 4. The maximum atomic E-state index is 12.7. The summed E-state index contributed by atoms with van der Waals surface area (Å²) in [6, 6.07) is 0. The summed E-state index contributed by atoms with van der Waals surface area (Å²) in [5.41, 5.74) is 5.28. The molecule has 1 saturated carbocycles. The number of carbonyl (C=O) groups is 1. The van der Waals surface area contributed by atoms with Crippen LogP contribution in [-0.2, 0) is 9.53 Å². The highest BCUT2D eigenvalue weighted by Gasteiger charge is 2.71. The maximum Gasteiger partial charge on any atom is 0.243 e. The van der Waals surface area contributed by atoms with Crippen LogP contribution in [0, 0.1) is 11.3 Å². The Kier molecular flexibility index (Phi) is 3.42. The summed E-state index contributed by atoms with van der Waals surface area (Å²) in [6.07, 6.45) is 0.951. The fourth-order valence-electron chi connectivity index (χ4n) is 3.60. The van der Waals surface area contributed by atoms with E-state index in [2.05, 4.69) is 0 Å². The van der Waals surface area contributed by atoms with Gasteiger partial charge in [0.2, 0.25) is 5.91 Å². The number of carbonyl (C=O) groups excluding carboxylic acids is 1. The molecule has 1 heterocycles. The molecule has 0 radical (unpaired) electrons. The van der Waals surface area contributed by atoms with E-state index in [0.717, 1.165) is 6.42 Å². The number of ether oxygens (including phenoxy) is 1. The molecule has 104 valence electrons. The molecule has 0 aromatic rings. The van der Waals surface area contributed by atoms with Crippen molar-refractivity contribution in [1.82, 2.24) is 4.90 Å². The molecule has 3 atom stereocenters. The molecule has 2 rings (SSSR count). The number of likely N-dealkylation sites (N-methyl/N-ethyl adjacent to an activating group) is 1. The Balaban J connectivity index is 2.22. The summed E-state index contributed by atoms with van der Waals surface area (Å²) < 4.78 is 5.69. The third-order valence-electron chi connectivity index (χ3n) is 4.85. The number of aliphatic hydroxyl groups excluding tert-OH is 1. The molecule has 0 bridgehead atoms. The molecular formula is C13H24N2O3. The number of hydrogen-bond donors (Lipinski definition) is 2. The van der Waals surface area contributed by atoms with E-state index in [4.69, 9.17) is 15.6 Å². The third-order valence-corrected chi connectivity index (χ3v) is 4.85. The highest BCUT2D eigenvalue weighted by molar-refractivity contribution is 5.89. The summed E-state index contributed by atoms with van der Waals surface area (Å²) in [6.45, 7) is 7.51. The van der Waals surface area contributed by atoms with Gasteiger partial charge in [-0.05, 0) is 13.3 Å². The van der Waals surface area contributed by atoms with Crippen molar-refractivity contribution in [2.75, 3.05) is 26.3 Å². The van der Waals surface area contributed by atoms with Gasteiger partial charge in [-0.3, -0.25) is 4.79 Å². The molecule has 2 fully saturated rings. The molecule has 5 nitrogen and oxygen atoms in total. The minimum Gasteiger partial charge on any atom is -0.395 e. The molecule has 0 spiro atoms. The smallest absolute Gasteiger partial charge is 0.243 e. The number of nitrogens with two attached hydrogens (primary N) is 1. The van der Waals surface area contributed by atoms with Crippen LogP contribution in [0.4, 0.5) is 0 Å². The lowest BCUT2D eigenvalue weighted by atomic mass is 9.47. The maximum absolute atomic E-state index is 12.7. The summed E-state index contributed by atoms with van der Waals surface area (Å²) in [5, 5.41) is 9.03. The van der Waals surface area contributed by atoms with Gasteiger partial charge in [-0.25, -0.2) is 0 Å². The lowest BCUT2D eigenvalue weighted by Gasteiger charge is -2.61. The van der Waals surface area contributed by atoms with E-state index in [-0.39, 0.29) is 30.0 Å².